The van der Waals surface area contributed by atoms with Crippen LogP contribution in [0.5, 0.6) is 11.5 Å². The third kappa shape index (κ3) is 2.72. The summed E-state index contributed by atoms with van der Waals surface area (Å²) in [6, 6.07) is 7.22. The Labute approximate surface area is 105 Å². The van der Waals surface area contributed by atoms with Crippen molar-refractivity contribution in [1.29, 1.82) is 5.26 Å². The summed E-state index contributed by atoms with van der Waals surface area (Å²) in [5.74, 6) is 0.813. The zero-order chi connectivity index (χ0) is 13.0. The lowest BCUT2D eigenvalue weighted by Gasteiger charge is -2.19. The van der Waals surface area contributed by atoms with Gasteiger partial charge in [-0.3, -0.25) is 4.79 Å². The Morgan fingerprint density at radius 2 is 2.17 bits per heavy atom. The van der Waals surface area contributed by atoms with E-state index in [1.54, 1.807) is 25.1 Å². The molecule has 5 nitrogen and oxygen atoms in total. The van der Waals surface area contributed by atoms with Crippen LogP contribution in [0.1, 0.15) is 13.3 Å². The Balaban J connectivity index is 2.06. The van der Waals surface area contributed by atoms with E-state index in [1.807, 2.05) is 6.07 Å². The molecule has 1 amide bonds. The molecule has 0 aliphatic carbocycles. The predicted molar refractivity (Wildman–Crippen MR) is 65.5 cm³/mol. The van der Waals surface area contributed by atoms with Crippen LogP contribution < -0.4 is 14.8 Å². The fourth-order valence-corrected chi connectivity index (χ4v) is 1.62. The maximum Gasteiger partial charge on any atom is 0.228 e. The minimum Gasteiger partial charge on any atom is -0.486 e. The summed E-state index contributed by atoms with van der Waals surface area (Å²) in [4.78, 5) is 11.7. The molecule has 1 aromatic rings. The second kappa shape index (κ2) is 5.41. The van der Waals surface area contributed by atoms with Gasteiger partial charge in [0, 0.05) is 24.1 Å². The van der Waals surface area contributed by atoms with Crippen molar-refractivity contribution in [1.82, 2.24) is 0 Å². The van der Waals surface area contributed by atoms with Gasteiger partial charge in [-0.05, 0) is 12.1 Å². The van der Waals surface area contributed by atoms with Crippen LogP contribution in [-0.2, 0) is 4.79 Å². The van der Waals surface area contributed by atoms with Crippen LogP contribution in [0.2, 0.25) is 0 Å². The van der Waals surface area contributed by atoms with Gasteiger partial charge in [0.05, 0.1) is 6.07 Å². The molecular formula is C13H14N2O3. The number of nitrogens with zero attached hydrogens (tertiary/aromatic N) is 1. The highest BCUT2D eigenvalue weighted by molar-refractivity contribution is 5.92. The van der Waals surface area contributed by atoms with Gasteiger partial charge in [-0.15, -0.1) is 0 Å². The van der Waals surface area contributed by atoms with E-state index in [4.69, 9.17) is 14.7 Å². The number of nitrogens with one attached hydrogen (secondary N) is 1. The van der Waals surface area contributed by atoms with Crippen LogP contribution in [0.4, 0.5) is 5.69 Å². The second-order valence-electron chi connectivity index (χ2n) is 4.11. The van der Waals surface area contributed by atoms with Gasteiger partial charge in [-0.2, -0.15) is 5.26 Å². The van der Waals surface area contributed by atoms with Gasteiger partial charge >= 0.3 is 0 Å². The molecule has 1 aliphatic heterocycles. The first-order valence-electron chi connectivity index (χ1n) is 5.78. The van der Waals surface area contributed by atoms with Crippen molar-refractivity contribution in [3.8, 4) is 17.6 Å². The van der Waals surface area contributed by atoms with Crippen molar-refractivity contribution < 1.29 is 14.3 Å². The average molecular weight is 246 g/mol. The fourth-order valence-electron chi connectivity index (χ4n) is 1.62. The lowest BCUT2D eigenvalue weighted by molar-refractivity contribution is -0.119. The van der Waals surface area contributed by atoms with Crippen molar-refractivity contribution in [2.75, 3.05) is 18.5 Å². The van der Waals surface area contributed by atoms with Crippen molar-refractivity contribution in [2.45, 2.75) is 13.3 Å². The maximum absolute atomic E-state index is 11.7. The zero-order valence-corrected chi connectivity index (χ0v) is 10.1. The zero-order valence-electron chi connectivity index (χ0n) is 10.1. The van der Waals surface area contributed by atoms with E-state index in [1.165, 1.54) is 0 Å². The first-order valence-corrected chi connectivity index (χ1v) is 5.78. The highest BCUT2D eigenvalue weighted by Gasteiger charge is 2.15. The molecule has 0 saturated carbocycles. The van der Waals surface area contributed by atoms with E-state index in [-0.39, 0.29) is 18.2 Å². The molecule has 0 fully saturated rings. The van der Waals surface area contributed by atoms with E-state index in [0.717, 1.165) is 0 Å². The summed E-state index contributed by atoms with van der Waals surface area (Å²) < 4.78 is 10.8. The van der Waals surface area contributed by atoms with Crippen LogP contribution in [-0.4, -0.2) is 19.1 Å². The number of fused-ring (bicyclic) bond motifs is 1. The number of benzene rings is 1. The number of anilines is 1. The predicted octanol–water partition coefficient (Wildman–Crippen LogP) is 1.95. The molecule has 0 bridgehead atoms. The summed E-state index contributed by atoms with van der Waals surface area (Å²) in [6.07, 6.45) is 0.205. The smallest absolute Gasteiger partial charge is 0.228 e. The first kappa shape index (κ1) is 12.2. The van der Waals surface area contributed by atoms with E-state index in [9.17, 15) is 4.79 Å². The van der Waals surface area contributed by atoms with E-state index in [0.29, 0.717) is 30.4 Å². The standard InChI is InChI=1S/C13H14N2O3/c1-9(4-5-14)13(16)15-10-2-3-11-12(8-10)18-7-6-17-11/h2-3,8-9H,4,6-7H2,1H3,(H,15,16). The molecule has 1 N–H and O–H groups in total. The Bertz CT molecular complexity index is 493. The molecule has 0 radical (unpaired) electrons. The number of ether oxygens (including phenoxy) is 2. The molecule has 0 spiro atoms. The number of amides is 1. The highest BCUT2D eigenvalue weighted by Crippen LogP contribution is 2.32. The SMILES string of the molecule is CC(CC#N)C(=O)Nc1ccc2c(c1)OCCO2. The van der Waals surface area contributed by atoms with Crippen LogP contribution in [0, 0.1) is 17.2 Å². The van der Waals surface area contributed by atoms with E-state index < -0.39 is 0 Å². The molecule has 1 heterocycles. The molecule has 1 unspecified atom stereocenters. The van der Waals surface area contributed by atoms with Crippen molar-refractivity contribution in [3.63, 3.8) is 0 Å². The highest BCUT2D eigenvalue weighted by atomic mass is 16.6. The molecule has 18 heavy (non-hydrogen) atoms. The summed E-state index contributed by atoms with van der Waals surface area (Å²) in [7, 11) is 0. The molecule has 2 rings (SSSR count). The largest absolute Gasteiger partial charge is 0.486 e. The lowest BCUT2D eigenvalue weighted by atomic mass is 10.1. The van der Waals surface area contributed by atoms with Gasteiger partial charge in [0.2, 0.25) is 5.91 Å². The van der Waals surface area contributed by atoms with Crippen LogP contribution >= 0.6 is 0 Å². The van der Waals surface area contributed by atoms with Crippen LogP contribution in [0.25, 0.3) is 0 Å². The van der Waals surface area contributed by atoms with Gasteiger partial charge in [-0.25, -0.2) is 0 Å². The Morgan fingerprint density at radius 1 is 1.44 bits per heavy atom. The first-order chi connectivity index (χ1) is 8.70. The van der Waals surface area contributed by atoms with Gasteiger partial charge < -0.3 is 14.8 Å². The molecule has 1 atom stereocenters. The van der Waals surface area contributed by atoms with Gasteiger partial charge in [0.1, 0.15) is 13.2 Å². The molecule has 0 saturated heterocycles. The molecular weight excluding hydrogens is 232 g/mol. The van der Waals surface area contributed by atoms with Gasteiger partial charge in [0.15, 0.2) is 11.5 Å². The Kier molecular flexibility index (Phi) is 3.68. The van der Waals surface area contributed by atoms with Gasteiger partial charge in [0.25, 0.3) is 0 Å². The summed E-state index contributed by atoms with van der Waals surface area (Å²) in [6.45, 7) is 2.77. The second-order valence-corrected chi connectivity index (χ2v) is 4.11. The third-order valence-electron chi connectivity index (χ3n) is 2.65. The lowest BCUT2D eigenvalue weighted by Crippen LogP contribution is -2.20. The monoisotopic (exact) mass is 246 g/mol. The summed E-state index contributed by atoms with van der Waals surface area (Å²) in [5, 5.41) is 11.3. The quantitative estimate of drug-likeness (QED) is 0.884. The number of rotatable bonds is 3. The third-order valence-corrected chi connectivity index (χ3v) is 2.65. The topological polar surface area (TPSA) is 71.4 Å². The number of nitriles is 1. The van der Waals surface area contributed by atoms with E-state index in [2.05, 4.69) is 5.32 Å². The molecule has 1 aliphatic rings. The number of hydrogen-bond donors (Lipinski definition) is 1. The fraction of sp³-hybridized carbons (Fsp3) is 0.385. The molecule has 94 valence electrons. The Hall–Kier alpha value is -2.22. The van der Waals surface area contributed by atoms with Crippen molar-refractivity contribution >= 4 is 11.6 Å². The van der Waals surface area contributed by atoms with Crippen molar-refractivity contribution in [3.05, 3.63) is 18.2 Å². The average Bonchev–Trinajstić information content (AvgIpc) is 2.39. The number of carbonyl (C=O) groups excluding carboxylic acids is 1. The molecule has 1 aromatic carbocycles. The number of carbonyl (C=O) groups is 1. The van der Waals surface area contributed by atoms with Gasteiger partial charge in [-0.1, -0.05) is 6.92 Å². The summed E-state index contributed by atoms with van der Waals surface area (Å²) in [5.41, 5.74) is 0.647. The van der Waals surface area contributed by atoms with Crippen LogP contribution in [0.3, 0.4) is 0 Å². The maximum atomic E-state index is 11.7. The Morgan fingerprint density at radius 3 is 2.89 bits per heavy atom. The molecule has 5 heteroatoms. The van der Waals surface area contributed by atoms with E-state index >= 15 is 0 Å². The van der Waals surface area contributed by atoms with Crippen molar-refractivity contribution in [2.24, 2.45) is 5.92 Å². The van der Waals surface area contributed by atoms with Crippen LogP contribution in [0.15, 0.2) is 18.2 Å². The summed E-state index contributed by atoms with van der Waals surface area (Å²) >= 11 is 0. The minimum atomic E-state index is -0.330. The molecule has 0 aromatic heterocycles. The minimum absolute atomic E-state index is 0.173. The number of hydrogen-bond acceptors (Lipinski definition) is 4. The normalized spacial score (nSPS) is 14.4.